The molecule has 1 atom stereocenters. The molecule has 3 aromatic heterocycles. The summed E-state index contributed by atoms with van der Waals surface area (Å²) < 4.78 is 1.91. The SMILES string of the molecule is C[C@@H]1CCc2c(sc3ncn4c(SCC(=O)Nc5ccc(N(C)C)cc5)nnc4c23)C1. The molecule has 1 aromatic carbocycles. The van der Waals surface area contributed by atoms with Crippen molar-refractivity contribution >= 4 is 56.2 Å². The number of thiophene rings is 1. The third kappa shape index (κ3) is 3.87. The van der Waals surface area contributed by atoms with Crippen molar-refractivity contribution in [2.24, 2.45) is 5.92 Å². The number of aryl methyl sites for hydroxylation is 1. The summed E-state index contributed by atoms with van der Waals surface area (Å²) in [5.41, 5.74) is 4.11. The first-order valence-corrected chi connectivity index (χ1v) is 12.1. The van der Waals surface area contributed by atoms with Crippen LogP contribution in [0.4, 0.5) is 11.4 Å². The van der Waals surface area contributed by atoms with Crippen LogP contribution in [0.3, 0.4) is 0 Å². The fourth-order valence-corrected chi connectivity index (χ4v) is 6.04. The lowest BCUT2D eigenvalue weighted by Crippen LogP contribution is -2.14. The summed E-state index contributed by atoms with van der Waals surface area (Å²) in [6.07, 6.45) is 5.17. The molecule has 0 fully saturated rings. The molecule has 0 aliphatic heterocycles. The van der Waals surface area contributed by atoms with E-state index in [1.165, 1.54) is 28.6 Å². The number of aromatic nitrogens is 4. The van der Waals surface area contributed by atoms with Gasteiger partial charge in [-0.25, -0.2) is 4.98 Å². The highest BCUT2D eigenvalue weighted by Gasteiger charge is 2.24. The second kappa shape index (κ2) is 8.12. The van der Waals surface area contributed by atoms with E-state index < -0.39 is 0 Å². The Labute approximate surface area is 188 Å². The number of nitrogens with one attached hydrogen (secondary N) is 1. The Hall–Kier alpha value is -2.65. The zero-order chi connectivity index (χ0) is 21.5. The Morgan fingerprint density at radius 3 is 2.87 bits per heavy atom. The number of fused-ring (bicyclic) bond motifs is 5. The molecule has 31 heavy (non-hydrogen) atoms. The van der Waals surface area contributed by atoms with Gasteiger partial charge in [0, 0.05) is 30.3 Å². The van der Waals surface area contributed by atoms with Crippen LogP contribution in [0.25, 0.3) is 15.9 Å². The van der Waals surface area contributed by atoms with Crippen molar-refractivity contribution in [3.63, 3.8) is 0 Å². The predicted octanol–water partition coefficient (Wildman–Crippen LogP) is 4.26. The van der Waals surface area contributed by atoms with Crippen molar-refractivity contribution in [2.75, 3.05) is 30.1 Å². The number of carbonyl (C=O) groups excluding carboxylic acids is 1. The number of amides is 1. The minimum atomic E-state index is -0.0738. The summed E-state index contributed by atoms with van der Waals surface area (Å²) in [6.45, 7) is 2.31. The van der Waals surface area contributed by atoms with E-state index >= 15 is 0 Å². The van der Waals surface area contributed by atoms with Crippen molar-refractivity contribution in [2.45, 2.75) is 31.3 Å². The van der Waals surface area contributed by atoms with E-state index in [0.717, 1.165) is 46.0 Å². The van der Waals surface area contributed by atoms with Gasteiger partial charge in [0.2, 0.25) is 5.91 Å². The lowest BCUT2D eigenvalue weighted by molar-refractivity contribution is -0.113. The van der Waals surface area contributed by atoms with Gasteiger partial charge in [0.25, 0.3) is 0 Å². The van der Waals surface area contributed by atoms with Crippen LogP contribution in [-0.2, 0) is 17.6 Å². The van der Waals surface area contributed by atoms with Gasteiger partial charge in [0.05, 0.1) is 11.1 Å². The molecule has 9 heteroatoms. The van der Waals surface area contributed by atoms with E-state index in [-0.39, 0.29) is 11.7 Å². The van der Waals surface area contributed by atoms with Gasteiger partial charge in [-0.2, -0.15) is 0 Å². The molecule has 1 aliphatic carbocycles. The number of carbonyl (C=O) groups is 1. The highest BCUT2D eigenvalue weighted by Crippen LogP contribution is 2.39. The third-order valence-corrected chi connectivity index (χ3v) is 7.78. The highest BCUT2D eigenvalue weighted by atomic mass is 32.2. The summed E-state index contributed by atoms with van der Waals surface area (Å²) in [7, 11) is 3.98. The lowest BCUT2D eigenvalue weighted by atomic mass is 9.89. The molecule has 1 amide bonds. The van der Waals surface area contributed by atoms with E-state index in [9.17, 15) is 4.79 Å². The predicted molar refractivity (Wildman–Crippen MR) is 127 cm³/mol. The molecule has 160 valence electrons. The minimum Gasteiger partial charge on any atom is -0.378 e. The Bertz CT molecular complexity index is 1260. The number of benzene rings is 1. The topological polar surface area (TPSA) is 75.4 Å². The second-order valence-electron chi connectivity index (χ2n) is 8.23. The van der Waals surface area contributed by atoms with Gasteiger partial charge in [0.15, 0.2) is 10.8 Å². The standard InChI is InChI=1S/C22H24N6OS2/c1-13-4-9-16-17(10-13)31-21-19(16)20-25-26-22(28(20)12-23-21)30-11-18(29)24-14-5-7-15(8-6-14)27(2)3/h5-8,12-13H,4,9-11H2,1-3H3,(H,24,29)/t13-/m1/s1. The van der Waals surface area contributed by atoms with Gasteiger partial charge in [-0.15, -0.1) is 21.5 Å². The Balaban J connectivity index is 1.33. The largest absolute Gasteiger partial charge is 0.378 e. The van der Waals surface area contributed by atoms with E-state index in [1.807, 2.05) is 47.7 Å². The first kappa shape index (κ1) is 20.3. The Kier molecular flexibility index (Phi) is 5.31. The molecule has 5 rings (SSSR count). The van der Waals surface area contributed by atoms with E-state index in [2.05, 4.69) is 27.4 Å². The van der Waals surface area contributed by atoms with Crippen molar-refractivity contribution in [1.29, 1.82) is 0 Å². The number of thioether (sulfide) groups is 1. The summed E-state index contributed by atoms with van der Waals surface area (Å²) in [4.78, 5) is 21.6. The van der Waals surface area contributed by atoms with Gasteiger partial charge in [-0.3, -0.25) is 9.20 Å². The average molecular weight is 453 g/mol. The number of hydrogen-bond donors (Lipinski definition) is 1. The van der Waals surface area contributed by atoms with E-state index in [1.54, 1.807) is 17.7 Å². The molecule has 0 bridgehead atoms. The maximum absolute atomic E-state index is 12.4. The third-order valence-electron chi connectivity index (χ3n) is 5.67. The fraction of sp³-hybridized carbons (Fsp3) is 0.364. The number of hydrogen-bond acceptors (Lipinski definition) is 7. The molecule has 4 aromatic rings. The van der Waals surface area contributed by atoms with Crippen LogP contribution in [-0.4, -0.2) is 45.3 Å². The molecule has 0 radical (unpaired) electrons. The number of nitrogens with zero attached hydrogens (tertiary/aromatic N) is 5. The van der Waals surface area contributed by atoms with Gasteiger partial charge in [-0.05, 0) is 55.0 Å². The van der Waals surface area contributed by atoms with Gasteiger partial charge in [0.1, 0.15) is 11.2 Å². The summed E-state index contributed by atoms with van der Waals surface area (Å²) in [6, 6.07) is 7.78. The molecule has 1 N–H and O–H groups in total. The summed E-state index contributed by atoms with van der Waals surface area (Å²) in [5, 5.41) is 13.6. The fourth-order valence-electron chi connectivity index (χ4n) is 3.99. The Morgan fingerprint density at radius 2 is 2.10 bits per heavy atom. The maximum Gasteiger partial charge on any atom is 0.234 e. The first-order valence-electron chi connectivity index (χ1n) is 10.3. The quantitative estimate of drug-likeness (QED) is 0.456. The van der Waals surface area contributed by atoms with Gasteiger partial charge < -0.3 is 10.2 Å². The van der Waals surface area contributed by atoms with Crippen molar-refractivity contribution < 1.29 is 4.79 Å². The normalized spacial score (nSPS) is 15.9. The summed E-state index contributed by atoms with van der Waals surface area (Å²) in [5.74, 6) is 0.904. The molecule has 7 nitrogen and oxygen atoms in total. The molecule has 3 heterocycles. The molecular weight excluding hydrogens is 428 g/mol. The van der Waals surface area contributed by atoms with E-state index in [4.69, 9.17) is 0 Å². The van der Waals surface area contributed by atoms with Crippen LogP contribution in [0, 0.1) is 5.92 Å². The highest BCUT2D eigenvalue weighted by molar-refractivity contribution is 7.99. The Morgan fingerprint density at radius 1 is 1.29 bits per heavy atom. The van der Waals surface area contributed by atoms with Gasteiger partial charge >= 0.3 is 0 Å². The monoisotopic (exact) mass is 452 g/mol. The zero-order valence-electron chi connectivity index (χ0n) is 17.8. The van der Waals surface area contributed by atoms with Crippen molar-refractivity contribution in [3.8, 4) is 0 Å². The maximum atomic E-state index is 12.4. The lowest BCUT2D eigenvalue weighted by Gasteiger charge is -2.17. The van der Waals surface area contributed by atoms with Crippen LogP contribution in [0.2, 0.25) is 0 Å². The first-order chi connectivity index (χ1) is 15.0. The van der Waals surface area contributed by atoms with Crippen LogP contribution in [0.1, 0.15) is 23.8 Å². The molecular formula is C22H24N6OS2. The summed E-state index contributed by atoms with van der Waals surface area (Å²) >= 11 is 3.16. The second-order valence-corrected chi connectivity index (χ2v) is 10.3. The van der Waals surface area contributed by atoms with Crippen molar-refractivity contribution in [1.82, 2.24) is 19.6 Å². The van der Waals surface area contributed by atoms with Crippen LogP contribution < -0.4 is 10.2 Å². The van der Waals surface area contributed by atoms with Gasteiger partial charge in [-0.1, -0.05) is 18.7 Å². The van der Waals surface area contributed by atoms with Crippen LogP contribution >= 0.6 is 23.1 Å². The smallest absolute Gasteiger partial charge is 0.234 e. The van der Waals surface area contributed by atoms with E-state index in [0.29, 0.717) is 5.16 Å². The number of rotatable bonds is 5. The number of anilines is 2. The van der Waals surface area contributed by atoms with Crippen molar-refractivity contribution in [3.05, 3.63) is 41.0 Å². The molecule has 0 spiro atoms. The average Bonchev–Trinajstić information content (AvgIpc) is 3.32. The molecule has 0 saturated carbocycles. The zero-order valence-corrected chi connectivity index (χ0v) is 19.4. The molecule has 1 aliphatic rings. The molecule has 0 saturated heterocycles. The minimum absolute atomic E-state index is 0.0738. The van der Waals surface area contributed by atoms with Crippen LogP contribution in [0.5, 0.6) is 0 Å². The molecule has 0 unspecified atom stereocenters. The van der Waals surface area contributed by atoms with Crippen LogP contribution in [0.15, 0.2) is 35.7 Å².